The van der Waals surface area contributed by atoms with Crippen LogP contribution in [0, 0.1) is 0 Å². The predicted molar refractivity (Wildman–Crippen MR) is 93.6 cm³/mol. The molecule has 0 amide bonds. The molecule has 0 N–H and O–H groups in total. The first kappa shape index (κ1) is 15.6. The second-order valence-corrected chi connectivity index (χ2v) is 5.68. The number of benzene rings is 2. The largest absolute Gasteiger partial charge is 0.103 e. The van der Waals surface area contributed by atoms with Gasteiger partial charge in [0.15, 0.2) is 0 Å². The van der Waals surface area contributed by atoms with Gasteiger partial charge in [0, 0.05) is 0 Å². The Balaban J connectivity index is 1.99. The van der Waals surface area contributed by atoms with Crippen molar-refractivity contribution < 1.29 is 0 Å². The van der Waals surface area contributed by atoms with Crippen molar-refractivity contribution in [2.45, 2.75) is 45.4 Å². The van der Waals surface area contributed by atoms with E-state index in [1.165, 1.54) is 47.9 Å². The summed E-state index contributed by atoms with van der Waals surface area (Å²) < 4.78 is 0. The van der Waals surface area contributed by atoms with Crippen LogP contribution in [-0.4, -0.2) is 0 Å². The molecule has 2 aromatic rings. The summed E-state index contributed by atoms with van der Waals surface area (Å²) in [5.41, 5.74) is 5.45. The molecule has 0 heteroatoms. The van der Waals surface area contributed by atoms with E-state index >= 15 is 0 Å². The van der Waals surface area contributed by atoms with Crippen LogP contribution in [0.25, 0.3) is 11.1 Å². The van der Waals surface area contributed by atoms with Gasteiger partial charge in [-0.2, -0.15) is 0 Å². The third-order valence-electron chi connectivity index (χ3n) is 3.95. The Hall–Kier alpha value is -1.82. The molecule has 0 fully saturated rings. The van der Waals surface area contributed by atoms with E-state index in [-0.39, 0.29) is 0 Å². The molecule has 0 atom stereocenters. The number of rotatable bonds is 8. The average Bonchev–Trinajstić information content (AvgIpc) is 2.54. The van der Waals surface area contributed by atoms with Gasteiger partial charge in [-0.15, -0.1) is 6.58 Å². The topological polar surface area (TPSA) is 0 Å². The minimum Gasteiger partial charge on any atom is -0.103 e. The van der Waals surface area contributed by atoms with Crippen molar-refractivity contribution in [1.82, 2.24) is 0 Å². The van der Waals surface area contributed by atoms with E-state index in [2.05, 4.69) is 62.0 Å². The number of hydrogen-bond donors (Lipinski definition) is 0. The second kappa shape index (κ2) is 8.46. The monoisotopic (exact) mass is 278 g/mol. The van der Waals surface area contributed by atoms with Gasteiger partial charge in [-0.3, -0.25) is 0 Å². The van der Waals surface area contributed by atoms with Gasteiger partial charge in [-0.05, 0) is 47.9 Å². The Labute approximate surface area is 129 Å². The Morgan fingerprint density at radius 2 is 1.29 bits per heavy atom. The molecule has 0 spiro atoms. The van der Waals surface area contributed by atoms with Gasteiger partial charge >= 0.3 is 0 Å². The highest BCUT2D eigenvalue weighted by Gasteiger charge is 1.99. The van der Waals surface area contributed by atoms with Crippen LogP contribution in [0.5, 0.6) is 0 Å². The number of unbranched alkanes of at least 4 members (excludes halogenated alkanes) is 2. The lowest BCUT2D eigenvalue weighted by atomic mass is 9.99. The molecule has 2 rings (SSSR count). The first-order valence-corrected chi connectivity index (χ1v) is 8.12. The maximum absolute atomic E-state index is 3.78. The maximum Gasteiger partial charge on any atom is -0.0184 e. The molecular formula is C21H26. The van der Waals surface area contributed by atoms with Crippen molar-refractivity contribution in [1.29, 1.82) is 0 Å². The van der Waals surface area contributed by atoms with E-state index in [4.69, 9.17) is 0 Å². The van der Waals surface area contributed by atoms with Crippen LogP contribution < -0.4 is 0 Å². The lowest BCUT2D eigenvalue weighted by molar-refractivity contribution is 0.717. The van der Waals surface area contributed by atoms with Gasteiger partial charge in [0.1, 0.15) is 0 Å². The zero-order chi connectivity index (χ0) is 14.9. The first-order chi connectivity index (χ1) is 10.3. The molecule has 0 aliphatic heterocycles. The SMILES string of the molecule is C=CCCc1ccc(-c2ccc(CCCCC)cc2)cc1. The van der Waals surface area contributed by atoms with Crippen molar-refractivity contribution in [2.24, 2.45) is 0 Å². The van der Waals surface area contributed by atoms with Crippen LogP contribution in [0.4, 0.5) is 0 Å². The fourth-order valence-electron chi connectivity index (χ4n) is 2.58. The van der Waals surface area contributed by atoms with Crippen molar-refractivity contribution >= 4 is 0 Å². The van der Waals surface area contributed by atoms with Gasteiger partial charge in [-0.25, -0.2) is 0 Å². The van der Waals surface area contributed by atoms with Crippen LogP contribution in [0.2, 0.25) is 0 Å². The summed E-state index contributed by atoms with van der Waals surface area (Å²) in [6.07, 6.45) is 9.23. The number of allylic oxidation sites excluding steroid dienone is 1. The Morgan fingerprint density at radius 1 is 0.762 bits per heavy atom. The summed E-state index contributed by atoms with van der Waals surface area (Å²) in [6, 6.07) is 18.0. The van der Waals surface area contributed by atoms with Crippen LogP contribution in [0.3, 0.4) is 0 Å². The summed E-state index contributed by atoms with van der Waals surface area (Å²) in [6.45, 7) is 6.03. The standard InChI is InChI=1S/C21H26/c1-3-5-7-9-19-12-16-21(17-13-19)20-14-10-18(11-15-20)8-6-4-2/h4,10-17H,2-3,5-9H2,1H3. The summed E-state index contributed by atoms with van der Waals surface area (Å²) >= 11 is 0. The molecule has 0 aromatic heterocycles. The van der Waals surface area contributed by atoms with E-state index in [0.717, 1.165) is 12.8 Å². The molecule has 0 saturated carbocycles. The van der Waals surface area contributed by atoms with E-state index in [1.807, 2.05) is 6.08 Å². The molecule has 0 unspecified atom stereocenters. The quantitative estimate of drug-likeness (QED) is 0.398. The molecule has 0 heterocycles. The molecular weight excluding hydrogens is 252 g/mol. The second-order valence-electron chi connectivity index (χ2n) is 5.68. The fraction of sp³-hybridized carbons (Fsp3) is 0.333. The predicted octanol–water partition coefficient (Wildman–Crippen LogP) is 6.20. The van der Waals surface area contributed by atoms with Crippen LogP contribution >= 0.6 is 0 Å². The summed E-state index contributed by atoms with van der Waals surface area (Å²) in [5, 5.41) is 0. The Bertz CT molecular complexity index is 531. The lowest BCUT2D eigenvalue weighted by Crippen LogP contribution is -1.87. The van der Waals surface area contributed by atoms with Crippen LogP contribution in [0.1, 0.15) is 43.7 Å². The van der Waals surface area contributed by atoms with E-state index in [0.29, 0.717) is 0 Å². The third-order valence-corrected chi connectivity index (χ3v) is 3.95. The zero-order valence-corrected chi connectivity index (χ0v) is 13.1. The molecule has 21 heavy (non-hydrogen) atoms. The zero-order valence-electron chi connectivity index (χ0n) is 13.1. The molecule has 0 saturated heterocycles. The van der Waals surface area contributed by atoms with E-state index in [1.54, 1.807) is 0 Å². The van der Waals surface area contributed by atoms with Crippen LogP contribution in [-0.2, 0) is 12.8 Å². The first-order valence-electron chi connectivity index (χ1n) is 8.12. The minimum absolute atomic E-state index is 1.05. The Morgan fingerprint density at radius 3 is 1.76 bits per heavy atom. The minimum atomic E-state index is 1.05. The van der Waals surface area contributed by atoms with Crippen molar-refractivity contribution in [2.75, 3.05) is 0 Å². The Kier molecular flexibility index (Phi) is 6.27. The highest BCUT2D eigenvalue weighted by atomic mass is 14.0. The average molecular weight is 278 g/mol. The highest BCUT2D eigenvalue weighted by Crippen LogP contribution is 2.21. The number of aryl methyl sites for hydroxylation is 2. The summed E-state index contributed by atoms with van der Waals surface area (Å²) in [5.74, 6) is 0. The van der Waals surface area contributed by atoms with Gasteiger partial charge < -0.3 is 0 Å². The fourth-order valence-corrected chi connectivity index (χ4v) is 2.58. The van der Waals surface area contributed by atoms with Gasteiger partial charge in [0.2, 0.25) is 0 Å². The van der Waals surface area contributed by atoms with Crippen molar-refractivity contribution in [3.8, 4) is 11.1 Å². The molecule has 2 aromatic carbocycles. The number of hydrogen-bond acceptors (Lipinski definition) is 0. The van der Waals surface area contributed by atoms with E-state index < -0.39 is 0 Å². The molecule has 0 nitrogen and oxygen atoms in total. The van der Waals surface area contributed by atoms with Crippen LogP contribution in [0.15, 0.2) is 61.2 Å². The van der Waals surface area contributed by atoms with E-state index in [9.17, 15) is 0 Å². The van der Waals surface area contributed by atoms with Gasteiger partial charge in [0.05, 0.1) is 0 Å². The summed E-state index contributed by atoms with van der Waals surface area (Å²) in [7, 11) is 0. The highest BCUT2D eigenvalue weighted by molar-refractivity contribution is 5.63. The molecule has 0 aliphatic carbocycles. The molecule has 0 aliphatic rings. The smallest absolute Gasteiger partial charge is 0.0184 e. The van der Waals surface area contributed by atoms with Crippen molar-refractivity contribution in [3.63, 3.8) is 0 Å². The molecule has 110 valence electrons. The lowest BCUT2D eigenvalue weighted by Gasteiger charge is -2.06. The molecule has 0 radical (unpaired) electrons. The van der Waals surface area contributed by atoms with Gasteiger partial charge in [0.25, 0.3) is 0 Å². The maximum atomic E-state index is 3.78. The van der Waals surface area contributed by atoms with Gasteiger partial charge in [-0.1, -0.05) is 74.4 Å². The van der Waals surface area contributed by atoms with Crippen molar-refractivity contribution in [3.05, 3.63) is 72.3 Å². The summed E-state index contributed by atoms with van der Waals surface area (Å²) in [4.78, 5) is 0. The normalized spacial score (nSPS) is 10.5. The molecule has 0 bridgehead atoms. The third kappa shape index (κ3) is 4.90.